The number of aromatic nitrogens is 1. The lowest BCUT2D eigenvalue weighted by atomic mass is 10.1. The number of benzene rings is 1. The summed E-state index contributed by atoms with van der Waals surface area (Å²) in [7, 11) is 0. The molecule has 1 aliphatic heterocycles. The number of nitrogens with zero attached hydrogens (tertiary/aromatic N) is 2. The average Bonchev–Trinajstić information content (AvgIpc) is 3.11. The molecule has 0 spiro atoms. The molecular weight excluding hydrogens is 358 g/mol. The average molecular weight is 386 g/mol. The fraction of sp³-hybridized carbons (Fsp3) is 0.429. The number of rotatable bonds is 8. The van der Waals surface area contributed by atoms with E-state index >= 15 is 0 Å². The third-order valence-corrected chi connectivity index (χ3v) is 5.34. The first-order chi connectivity index (χ1) is 13.2. The van der Waals surface area contributed by atoms with Crippen molar-refractivity contribution >= 4 is 23.3 Å². The van der Waals surface area contributed by atoms with E-state index in [-0.39, 0.29) is 5.91 Å². The van der Waals surface area contributed by atoms with Crippen molar-refractivity contribution in [3.63, 3.8) is 0 Å². The highest BCUT2D eigenvalue weighted by molar-refractivity contribution is 7.09. The van der Waals surface area contributed by atoms with Crippen LogP contribution in [0.5, 0.6) is 5.75 Å². The summed E-state index contributed by atoms with van der Waals surface area (Å²) in [5, 5.41) is 6.00. The quantitative estimate of drug-likeness (QED) is 0.705. The van der Waals surface area contributed by atoms with Crippen molar-refractivity contribution in [2.24, 2.45) is 0 Å². The van der Waals surface area contributed by atoms with Crippen LogP contribution in [-0.4, -0.2) is 42.0 Å². The fourth-order valence-corrected chi connectivity index (χ4v) is 3.69. The molecule has 5 nitrogen and oxygen atoms in total. The fourth-order valence-electron chi connectivity index (χ4n) is 3.09. The summed E-state index contributed by atoms with van der Waals surface area (Å²) in [6.45, 7) is 6.36. The predicted octanol–water partition coefficient (Wildman–Crippen LogP) is 3.65. The number of aryl methyl sites for hydroxylation is 1. The third-order valence-electron chi connectivity index (χ3n) is 4.51. The molecule has 0 aliphatic carbocycles. The summed E-state index contributed by atoms with van der Waals surface area (Å²) in [4.78, 5) is 18.8. The zero-order valence-electron chi connectivity index (χ0n) is 15.8. The minimum absolute atomic E-state index is 0.0590. The number of nitrogens with one attached hydrogen (secondary N) is 1. The van der Waals surface area contributed by atoms with Crippen molar-refractivity contribution in [3.05, 3.63) is 52.0 Å². The van der Waals surface area contributed by atoms with Crippen molar-refractivity contribution in [1.29, 1.82) is 0 Å². The van der Waals surface area contributed by atoms with Crippen LogP contribution >= 0.6 is 11.3 Å². The zero-order chi connectivity index (χ0) is 18.9. The lowest BCUT2D eigenvalue weighted by molar-refractivity contribution is -0.116. The molecular formula is C21H27N3O2S. The van der Waals surface area contributed by atoms with Crippen molar-refractivity contribution in [2.75, 3.05) is 26.2 Å². The molecule has 0 unspecified atom stereocenters. The molecule has 6 heteroatoms. The first-order valence-corrected chi connectivity index (χ1v) is 10.4. The van der Waals surface area contributed by atoms with Crippen LogP contribution in [0, 0.1) is 6.92 Å². The number of likely N-dealkylation sites (tertiary alicyclic amines) is 1. The summed E-state index contributed by atoms with van der Waals surface area (Å²) in [5.74, 6) is 0.713. The second-order valence-corrected chi connectivity index (χ2v) is 7.81. The maximum Gasteiger partial charge on any atom is 0.244 e. The number of ether oxygens (including phenoxy) is 1. The third kappa shape index (κ3) is 6.81. The standard InChI is InChI=1S/C21H27N3O2S/c1-17-23-19(16-27-17)15-26-20-7-5-6-18(14-20)8-9-21(25)22-10-13-24-11-3-2-4-12-24/h5-9,14,16H,2-4,10-13,15H2,1H3,(H,22,25)/b9-8+. The largest absolute Gasteiger partial charge is 0.487 e. The van der Waals surface area contributed by atoms with E-state index in [1.54, 1.807) is 17.4 Å². The topological polar surface area (TPSA) is 54.5 Å². The second kappa shape index (κ2) is 10.2. The number of carbonyl (C=O) groups excluding carboxylic acids is 1. The number of piperidine rings is 1. The number of hydrogen-bond donors (Lipinski definition) is 1. The smallest absolute Gasteiger partial charge is 0.244 e. The van der Waals surface area contributed by atoms with Crippen LogP contribution in [0.4, 0.5) is 0 Å². The highest BCUT2D eigenvalue weighted by Gasteiger charge is 2.09. The lowest BCUT2D eigenvalue weighted by Crippen LogP contribution is -2.37. The SMILES string of the molecule is Cc1nc(COc2cccc(/C=C/C(=O)NCCN3CCCCC3)c2)cs1. The summed E-state index contributed by atoms with van der Waals surface area (Å²) >= 11 is 1.62. The van der Waals surface area contributed by atoms with Crippen molar-refractivity contribution in [3.8, 4) is 5.75 Å². The van der Waals surface area contributed by atoms with E-state index in [0.29, 0.717) is 13.2 Å². The highest BCUT2D eigenvalue weighted by atomic mass is 32.1. The highest BCUT2D eigenvalue weighted by Crippen LogP contribution is 2.17. The summed E-state index contributed by atoms with van der Waals surface area (Å²) in [5.41, 5.74) is 1.87. The predicted molar refractivity (Wildman–Crippen MR) is 110 cm³/mol. The van der Waals surface area contributed by atoms with Crippen molar-refractivity contribution < 1.29 is 9.53 Å². The summed E-state index contributed by atoms with van der Waals surface area (Å²) in [6.07, 6.45) is 7.27. The number of carbonyl (C=O) groups is 1. The molecule has 0 saturated carbocycles. The minimum atomic E-state index is -0.0590. The van der Waals surface area contributed by atoms with Crippen LogP contribution in [0.2, 0.25) is 0 Å². The first-order valence-electron chi connectivity index (χ1n) is 9.51. The molecule has 3 rings (SSSR count). The molecule has 1 aromatic carbocycles. The molecule has 1 N–H and O–H groups in total. The molecule has 1 fully saturated rings. The van der Waals surface area contributed by atoms with E-state index in [0.717, 1.165) is 41.6 Å². The molecule has 2 heterocycles. The molecule has 1 saturated heterocycles. The lowest BCUT2D eigenvalue weighted by Gasteiger charge is -2.26. The van der Waals surface area contributed by atoms with E-state index in [1.807, 2.05) is 42.6 Å². The summed E-state index contributed by atoms with van der Waals surface area (Å²) in [6, 6.07) is 7.72. The van der Waals surface area contributed by atoms with Gasteiger partial charge in [-0.1, -0.05) is 18.6 Å². The van der Waals surface area contributed by atoms with Gasteiger partial charge in [-0.15, -0.1) is 11.3 Å². The molecule has 27 heavy (non-hydrogen) atoms. The number of amides is 1. The van der Waals surface area contributed by atoms with Gasteiger partial charge in [-0.05, 0) is 56.6 Å². The Morgan fingerprint density at radius 1 is 1.33 bits per heavy atom. The van der Waals surface area contributed by atoms with Gasteiger partial charge in [0.15, 0.2) is 0 Å². The Hall–Kier alpha value is -2.18. The summed E-state index contributed by atoms with van der Waals surface area (Å²) < 4.78 is 5.79. The van der Waals surface area contributed by atoms with Crippen LogP contribution in [0.15, 0.2) is 35.7 Å². The Morgan fingerprint density at radius 2 is 2.19 bits per heavy atom. The maximum absolute atomic E-state index is 12.0. The van der Waals surface area contributed by atoms with Gasteiger partial charge in [0.2, 0.25) is 5.91 Å². The van der Waals surface area contributed by atoms with Crippen LogP contribution in [0.25, 0.3) is 6.08 Å². The molecule has 1 aromatic heterocycles. The van der Waals surface area contributed by atoms with E-state index in [9.17, 15) is 4.79 Å². The Morgan fingerprint density at radius 3 is 2.96 bits per heavy atom. The van der Waals surface area contributed by atoms with Gasteiger partial charge in [-0.25, -0.2) is 4.98 Å². The van der Waals surface area contributed by atoms with E-state index in [1.165, 1.54) is 19.3 Å². The Kier molecular flexibility index (Phi) is 7.42. The normalized spacial score (nSPS) is 15.1. The Balaban J connectivity index is 1.42. The minimum Gasteiger partial charge on any atom is -0.487 e. The van der Waals surface area contributed by atoms with Gasteiger partial charge in [-0.3, -0.25) is 4.79 Å². The van der Waals surface area contributed by atoms with Crippen LogP contribution in [-0.2, 0) is 11.4 Å². The monoisotopic (exact) mass is 385 g/mol. The van der Waals surface area contributed by atoms with Gasteiger partial charge in [-0.2, -0.15) is 0 Å². The molecule has 0 atom stereocenters. The Bertz CT molecular complexity index is 766. The van der Waals surface area contributed by atoms with Crippen molar-refractivity contribution in [2.45, 2.75) is 32.8 Å². The van der Waals surface area contributed by atoms with E-state index in [4.69, 9.17) is 4.74 Å². The van der Waals surface area contributed by atoms with Gasteiger partial charge >= 0.3 is 0 Å². The zero-order valence-corrected chi connectivity index (χ0v) is 16.6. The van der Waals surface area contributed by atoms with E-state index in [2.05, 4.69) is 15.2 Å². The molecule has 144 valence electrons. The van der Waals surface area contributed by atoms with Gasteiger partial charge in [0.1, 0.15) is 12.4 Å². The second-order valence-electron chi connectivity index (χ2n) is 6.75. The first kappa shape index (κ1) is 19.6. The van der Waals surface area contributed by atoms with Gasteiger partial charge in [0, 0.05) is 24.5 Å². The van der Waals surface area contributed by atoms with Gasteiger partial charge in [0.05, 0.1) is 10.7 Å². The van der Waals surface area contributed by atoms with Crippen molar-refractivity contribution in [1.82, 2.24) is 15.2 Å². The van der Waals surface area contributed by atoms with Gasteiger partial charge < -0.3 is 15.0 Å². The molecule has 1 aliphatic rings. The van der Waals surface area contributed by atoms with Crippen LogP contribution in [0.3, 0.4) is 0 Å². The van der Waals surface area contributed by atoms with Crippen LogP contribution in [0.1, 0.15) is 35.5 Å². The number of thiazole rings is 1. The molecule has 2 aromatic rings. The number of hydrogen-bond acceptors (Lipinski definition) is 5. The maximum atomic E-state index is 12.0. The van der Waals surface area contributed by atoms with Crippen LogP contribution < -0.4 is 10.1 Å². The Labute approximate surface area is 165 Å². The molecule has 0 radical (unpaired) electrons. The van der Waals surface area contributed by atoms with Gasteiger partial charge in [0.25, 0.3) is 0 Å². The molecule has 0 bridgehead atoms. The molecule has 1 amide bonds. The van der Waals surface area contributed by atoms with E-state index < -0.39 is 0 Å².